The average Bonchev–Trinajstić information content (AvgIpc) is 1.32. The largest absolute Gasteiger partial charge is 0.471 e. The van der Waals surface area contributed by atoms with E-state index in [2.05, 4.69) is 37.3 Å². The fourth-order valence-corrected chi connectivity index (χ4v) is 15.3. The molecule has 5 heterocycles. The molecule has 2 aromatic heterocycles. The molecular weight excluding hydrogens is 1200 g/mol. The maximum atomic E-state index is 14.1. The first kappa shape index (κ1) is 67.2. The molecule has 11 rings (SSSR count). The smallest absolute Gasteiger partial charge is 0.461 e. The number of ether oxygens (including phenoxy) is 6. The van der Waals surface area contributed by atoms with E-state index in [4.69, 9.17) is 47.9 Å². The Morgan fingerprint density at radius 2 is 1.38 bits per heavy atom. The predicted octanol–water partition coefficient (Wildman–Crippen LogP) is 7.50. The topological polar surface area (TPSA) is 283 Å². The molecule has 6 fully saturated rings. The Morgan fingerprint density at radius 3 is 2.07 bits per heavy atom. The second kappa shape index (κ2) is 33.3. The summed E-state index contributed by atoms with van der Waals surface area (Å²) in [6.45, 7) is 9.42. The molecule has 2 aromatic carbocycles. The number of hydrogen-bond donors (Lipinski definition) is 3. The number of imide groups is 1. The van der Waals surface area contributed by atoms with Crippen molar-refractivity contribution in [2.24, 2.45) is 23.7 Å². The number of amides is 4. The molecule has 4 amide bonds. The summed E-state index contributed by atoms with van der Waals surface area (Å²) in [5.41, 5.74) is 4.71. The molecule has 90 heavy (non-hydrogen) atoms. The van der Waals surface area contributed by atoms with E-state index in [0.29, 0.717) is 127 Å². The van der Waals surface area contributed by atoms with Crippen LogP contribution < -0.4 is 25.2 Å². The molecule has 2 saturated heterocycles. The van der Waals surface area contributed by atoms with Gasteiger partial charge in [0.25, 0.3) is 0 Å². The van der Waals surface area contributed by atoms with Gasteiger partial charge in [-0.1, -0.05) is 67.4 Å². The quantitative estimate of drug-likeness (QED) is 0.0222. The van der Waals surface area contributed by atoms with Crippen molar-refractivity contribution in [3.8, 4) is 28.5 Å². The normalized spacial score (nSPS) is 21.8. The van der Waals surface area contributed by atoms with Crippen molar-refractivity contribution in [2.45, 2.75) is 127 Å². The van der Waals surface area contributed by atoms with Crippen LogP contribution in [0.5, 0.6) is 6.01 Å². The number of para-hydroxylation sites is 1. The summed E-state index contributed by atoms with van der Waals surface area (Å²) in [7, 11) is -2.86. The number of piperidine rings is 1. The van der Waals surface area contributed by atoms with Gasteiger partial charge in [-0.05, 0) is 105 Å². The van der Waals surface area contributed by atoms with Gasteiger partial charge >= 0.3 is 13.8 Å². The number of unbranched alkanes of at least 4 members (excludes halogenated alkanes) is 3. The molecule has 4 aliphatic carbocycles. The fourth-order valence-electron chi connectivity index (χ4n) is 13.6. The van der Waals surface area contributed by atoms with Crippen molar-refractivity contribution >= 4 is 60.8 Å². The van der Waals surface area contributed by atoms with Crippen LogP contribution in [0.3, 0.4) is 0 Å². The number of anilines is 3. The van der Waals surface area contributed by atoms with Gasteiger partial charge in [-0.25, -0.2) is 9.25 Å². The molecule has 2 unspecified atom stereocenters. The Bertz CT molecular complexity index is 3030. The standard InChI is InChI=1S/C63H90N11O14PS/c1-45-16-20-71(21-17-45)61-65-60(68-63-41-46-37-47(42-63)39-48(38-46)43-63)66-62(67-61)87-35-34-86-33-32-85-31-30-84-29-28-83-27-26-82-25-23-74-58-50-12-6-5-11-49(50)44-73(52-14-8-7-13-51(52)57(58)69-70-74)55(76)15-19-64-54(75)18-22-72-56(77)40-53(59(72)78)90-36-10-4-3-9-24-88-89(79,80)81-2/h5-8,11-14,45-48,53H,3-4,9-10,15-44H2,1-2H3,(H,64,75)(H,79,80)(H,65,66,67,68). The summed E-state index contributed by atoms with van der Waals surface area (Å²) in [6.07, 6.45) is 13.0. The number of nitrogens with one attached hydrogen (secondary N) is 2. The monoisotopic (exact) mass is 1290 g/mol. The zero-order valence-electron chi connectivity index (χ0n) is 52.2. The van der Waals surface area contributed by atoms with Crippen LogP contribution in [-0.2, 0) is 69.6 Å². The second-order valence-electron chi connectivity index (χ2n) is 24.5. The van der Waals surface area contributed by atoms with Crippen LogP contribution >= 0.6 is 19.6 Å². The molecule has 0 spiro atoms. The van der Waals surface area contributed by atoms with Crippen LogP contribution in [0.2, 0.25) is 0 Å². The molecule has 4 bridgehead atoms. The summed E-state index contributed by atoms with van der Waals surface area (Å²) in [6, 6.07) is 15.8. The number of carbonyl (C=O) groups is 4. The van der Waals surface area contributed by atoms with E-state index in [-0.39, 0.29) is 74.7 Å². The van der Waals surface area contributed by atoms with E-state index < -0.39 is 13.1 Å². The average molecular weight is 1290 g/mol. The molecule has 3 aliphatic heterocycles. The minimum Gasteiger partial charge on any atom is -0.461 e. The van der Waals surface area contributed by atoms with Gasteiger partial charge in [0.15, 0.2) is 0 Å². The number of carbonyl (C=O) groups excluding carboxylic acids is 4. The minimum absolute atomic E-state index is 0.00728. The summed E-state index contributed by atoms with van der Waals surface area (Å²) in [5.74, 6) is 3.97. The van der Waals surface area contributed by atoms with Crippen LogP contribution in [0.25, 0.3) is 22.5 Å². The molecule has 2 atom stereocenters. The van der Waals surface area contributed by atoms with E-state index in [1.807, 2.05) is 53.2 Å². The van der Waals surface area contributed by atoms with E-state index in [1.165, 1.54) is 50.3 Å². The Balaban J connectivity index is 0.576. The number of nitrogens with zero attached hydrogens (tertiary/aromatic N) is 9. The van der Waals surface area contributed by atoms with Gasteiger partial charge in [-0.2, -0.15) is 15.0 Å². The maximum Gasteiger partial charge on any atom is 0.471 e. The molecule has 7 aliphatic rings. The lowest BCUT2D eigenvalue weighted by Crippen LogP contribution is -2.55. The first-order chi connectivity index (χ1) is 43.8. The van der Waals surface area contributed by atoms with Gasteiger partial charge in [0.2, 0.25) is 35.5 Å². The lowest BCUT2D eigenvalue weighted by molar-refractivity contribution is -0.138. The number of rotatable bonds is 38. The third-order valence-corrected chi connectivity index (χ3v) is 20.1. The van der Waals surface area contributed by atoms with E-state index in [9.17, 15) is 28.6 Å². The molecule has 0 radical (unpaired) electrons. The first-order valence-electron chi connectivity index (χ1n) is 32.3. The highest BCUT2D eigenvalue weighted by molar-refractivity contribution is 8.00. The second-order valence-corrected chi connectivity index (χ2v) is 27.4. The molecular formula is C63H90N11O14PS. The number of aromatic nitrogens is 6. The van der Waals surface area contributed by atoms with Crippen LogP contribution in [0.1, 0.15) is 109 Å². The zero-order valence-corrected chi connectivity index (χ0v) is 53.9. The van der Waals surface area contributed by atoms with Crippen LogP contribution in [0.4, 0.5) is 17.6 Å². The molecule has 4 saturated carbocycles. The summed E-state index contributed by atoms with van der Waals surface area (Å²) in [5, 5.41) is 15.4. The fraction of sp³-hybridized carbons (Fsp3) is 0.667. The summed E-state index contributed by atoms with van der Waals surface area (Å²) in [4.78, 5) is 81.9. The van der Waals surface area contributed by atoms with Gasteiger partial charge in [-0.3, -0.25) is 33.1 Å². The Kier molecular flexibility index (Phi) is 24.8. The molecule has 25 nitrogen and oxygen atoms in total. The van der Waals surface area contributed by atoms with Gasteiger partial charge in [0.05, 0.1) is 102 Å². The lowest BCUT2D eigenvalue weighted by atomic mass is 9.53. The summed E-state index contributed by atoms with van der Waals surface area (Å²) >= 11 is 1.42. The van der Waals surface area contributed by atoms with Crippen molar-refractivity contribution in [1.29, 1.82) is 0 Å². The Hall–Kier alpha value is -5.67. The van der Waals surface area contributed by atoms with Gasteiger partial charge < -0.3 is 53.7 Å². The van der Waals surface area contributed by atoms with Crippen molar-refractivity contribution in [3.63, 3.8) is 0 Å². The Morgan fingerprint density at radius 1 is 0.744 bits per heavy atom. The Labute approximate surface area is 531 Å². The van der Waals surface area contributed by atoms with E-state index in [1.54, 1.807) is 4.90 Å². The third kappa shape index (κ3) is 18.8. The molecule has 27 heteroatoms. The molecule has 3 N–H and O–H groups in total. The number of likely N-dealkylation sites (tertiary alicyclic amines) is 1. The minimum atomic E-state index is -3.98. The highest BCUT2D eigenvalue weighted by Gasteiger charge is 2.51. The number of thioether (sulfide) groups is 1. The van der Waals surface area contributed by atoms with Gasteiger partial charge in [0.1, 0.15) is 12.3 Å². The zero-order chi connectivity index (χ0) is 62.7. The van der Waals surface area contributed by atoms with Crippen molar-refractivity contribution in [1.82, 2.24) is 40.2 Å². The highest BCUT2D eigenvalue weighted by atomic mass is 32.2. The lowest BCUT2D eigenvalue weighted by Gasteiger charge is -2.56. The number of benzene rings is 2. The molecule has 4 aromatic rings. The number of hydrogen-bond acceptors (Lipinski definition) is 21. The number of phosphoric acid groups is 1. The molecule has 492 valence electrons. The van der Waals surface area contributed by atoms with Gasteiger partial charge in [-0.15, -0.1) is 16.9 Å². The third-order valence-electron chi connectivity index (χ3n) is 17.8. The SMILES string of the molecule is COP(=O)(O)OCCCCCCSC1CC(=O)N(CCC(=O)NCCC(=O)N2Cc3ccccc3-c3c(nnn3CCOCCOCCOCCOCCOCCOc3nc(NC45CC6CC(CC(C6)C4)C5)nc(N4CCC(C)CC4)n3)-c3ccccc32)C1=O. The van der Waals surface area contributed by atoms with E-state index in [0.717, 1.165) is 97.3 Å². The van der Waals surface area contributed by atoms with E-state index >= 15 is 0 Å². The maximum absolute atomic E-state index is 14.1. The number of phosphoric ester groups is 1. The predicted molar refractivity (Wildman–Crippen MR) is 338 cm³/mol. The van der Waals surface area contributed by atoms with Crippen LogP contribution in [0, 0.1) is 23.7 Å². The van der Waals surface area contributed by atoms with Crippen LogP contribution in [-0.4, -0.2) is 192 Å². The van der Waals surface area contributed by atoms with Crippen molar-refractivity contribution in [2.75, 3.05) is 133 Å². The van der Waals surface area contributed by atoms with Gasteiger partial charge in [0, 0.05) is 69.2 Å². The first-order valence-corrected chi connectivity index (χ1v) is 34.8. The highest BCUT2D eigenvalue weighted by Crippen LogP contribution is 2.56. The van der Waals surface area contributed by atoms with Crippen LogP contribution in [0.15, 0.2) is 48.5 Å². The van der Waals surface area contributed by atoms with Crippen molar-refractivity contribution < 1.29 is 66.1 Å². The summed E-state index contributed by atoms with van der Waals surface area (Å²) < 4.78 is 57.5. The van der Waals surface area contributed by atoms with Crippen molar-refractivity contribution in [3.05, 3.63) is 54.1 Å². The number of fused-ring (bicyclic) bond motifs is 5.